The molecular weight excluding hydrogens is 444 g/mol. The Labute approximate surface area is 187 Å². The Morgan fingerprint density at radius 3 is 2.32 bits per heavy atom. The Hall–Kier alpha value is -2.78. The molecule has 2 aromatic carbocycles. The molecule has 0 aliphatic carbocycles. The van der Waals surface area contributed by atoms with Crippen molar-refractivity contribution >= 4 is 44.9 Å². The van der Waals surface area contributed by atoms with Gasteiger partial charge in [-0.05, 0) is 55.8 Å². The summed E-state index contributed by atoms with van der Waals surface area (Å²) in [5, 5.41) is 2.93. The van der Waals surface area contributed by atoms with E-state index in [1.165, 1.54) is 19.2 Å². The molecule has 0 aliphatic heterocycles. The quantitative estimate of drug-likeness (QED) is 0.563. The number of hydrogen-bond donors (Lipinski definition) is 1. The smallest absolute Gasteiger partial charge is 0.339 e. The predicted octanol–water partition coefficient (Wildman–Crippen LogP) is 3.71. The molecule has 0 saturated heterocycles. The van der Waals surface area contributed by atoms with E-state index in [-0.39, 0.29) is 17.2 Å². The van der Waals surface area contributed by atoms with E-state index >= 15 is 0 Å². The molecule has 0 saturated carbocycles. The standard InChI is InChI=1S/C21H25ClN2O6S/c1-5-19(30-16-10-8-15(9-11-16)24(3)31(4,27)28)20(25)23-14-7-12-18(22)17(13-14)21(26)29-6-2/h7-13,19H,5-6H2,1-4H3,(H,23,25). The maximum atomic E-state index is 12.7. The van der Waals surface area contributed by atoms with Gasteiger partial charge in [0.2, 0.25) is 10.0 Å². The first kappa shape index (κ1) is 24.5. The third-order valence-electron chi connectivity index (χ3n) is 4.37. The summed E-state index contributed by atoms with van der Waals surface area (Å²) in [5.41, 5.74) is 1.01. The molecular formula is C21H25ClN2O6S. The second kappa shape index (κ2) is 10.5. The van der Waals surface area contributed by atoms with E-state index in [4.69, 9.17) is 21.1 Å². The Morgan fingerprint density at radius 2 is 1.77 bits per heavy atom. The fourth-order valence-electron chi connectivity index (χ4n) is 2.60. The van der Waals surface area contributed by atoms with E-state index in [0.29, 0.717) is 23.5 Å². The van der Waals surface area contributed by atoms with Crippen molar-refractivity contribution in [2.75, 3.05) is 29.5 Å². The average Bonchev–Trinajstić information content (AvgIpc) is 2.72. The topological polar surface area (TPSA) is 102 Å². The van der Waals surface area contributed by atoms with Crippen molar-refractivity contribution < 1.29 is 27.5 Å². The minimum atomic E-state index is -3.37. The summed E-state index contributed by atoms with van der Waals surface area (Å²) >= 11 is 6.04. The zero-order valence-corrected chi connectivity index (χ0v) is 19.3. The van der Waals surface area contributed by atoms with Crippen LogP contribution in [0.5, 0.6) is 5.75 Å². The number of ether oxygens (including phenoxy) is 2. The molecule has 1 atom stereocenters. The number of carbonyl (C=O) groups excluding carboxylic acids is 2. The highest BCUT2D eigenvalue weighted by Gasteiger charge is 2.20. The maximum Gasteiger partial charge on any atom is 0.339 e. The lowest BCUT2D eigenvalue weighted by molar-refractivity contribution is -0.122. The number of esters is 1. The van der Waals surface area contributed by atoms with Crippen LogP contribution in [-0.4, -0.2) is 46.3 Å². The van der Waals surface area contributed by atoms with Crippen LogP contribution >= 0.6 is 11.6 Å². The highest BCUT2D eigenvalue weighted by Crippen LogP contribution is 2.24. The summed E-state index contributed by atoms with van der Waals surface area (Å²) < 4.78 is 35.1. The number of halogens is 1. The number of anilines is 2. The highest BCUT2D eigenvalue weighted by atomic mass is 35.5. The molecule has 2 aromatic rings. The van der Waals surface area contributed by atoms with Crippen molar-refractivity contribution in [3.05, 3.63) is 53.1 Å². The van der Waals surface area contributed by atoms with Gasteiger partial charge in [-0.3, -0.25) is 9.10 Å². The number of benzene rings is 2. The number of hydrogen-bond acceptors (Lipinski definition) is 6. The van der Waals surface area contributed by atoms with Gasteiger partial charge in [0.1, 0.15) is 5.75 Å². The highest BCUT2D eigenvalue weighted by molar-refractivity contribution is 7.92. The van der Waals surface area contributed by atoms with Crippen LogP contribution in [0, 0.1) is 0 Å². The molecule has 8 nitrogen and oxygen atoms in total. The largest absolute Gasteiger partial charge is 0.481 e. The molecule has 31 heavy (non-hydrogen) atoms. The fourth-order valence-corrected chi connectivity index (χ4v) is 3.30. The van der Waals surface area contributed by atoms with Gasteiger partial charge in [0, 0.05) is 12.7 Å². The fraction of sp³-hybridized carbons (Fsp3) is 0.333. The predicted molar refractivity (Wildman–Crippen MR) is 120 cm³/mol. The first-order chi connectivity index (χ1) is 14.6. The molecule has 1 amide bonds. The summed E-state index contributed by atoms with van der Waals surface area (Å²) in [5.74, 6) is -0.570. The molecule has 0 radical (unpaired) electrons. The SMILES string of the molecule is CCOC(=O)c1cc(NC(=O)C(CC)Oc2ccc(N(C)S(C)(=O)=O)cc2)ccc1Cl. The van der Waals surface area contributed by atoms with Crippen LogP contribution in [0.1, 0.15) is 30.6 Å². The third-order valence-corrected chi connectivity index (χ3v) is 5.90. The van der Waals surface area contributed by atoms with Crippen LogP contribution in [0.25, 0.3) is 0 Å². The zero-order chi connectivity index (χ0) is 23.2. The first-order valence-electron chi connectivity index (χ1n) is 9.55. The normalized spacial score (nSPS) is 12.0. The van der Waals surface area contributed by atoms with E-state index < -0.39 is 28.0 Å². The lowest BCUT2D eigenvalue weighted by Gasteiger charge is -2.19. The third kappa shape index (κ3) is 6.60. The van der Waals surface area contributed by atoms with E-state index in [1.54, 1.807) is 44.2 Å². The van der Waals surface area contributed by atoms with Crippen LogP contribution in [0.3, 0.4) is 0 Å². The number of nitrogens with one attached hydrogen (secondary N) is 1. The van der Waals surface area contributed by atoms with Crippen LogP contribution in [-0.2, 0) is 19.6 Å². The molecule has 0 heterocycles. The molecule has 0 aromatic heterocycles. The number of carbonyl (C=O) groups is 2. The van der Waals surface area contributed by atoms with Crippen LogP contribution in [0.4, 0.5) is 11.4 Å². The van der Waals surface area contributed by atoms with Crippen molar-refractivity contribution in [2.45, 2.75) is 26.4 Å². The Balaban J connectivity index is 2.11. The zero-order valence-electron chi connectivity index (χ0n) is 17.7. The summed E-state index contributed by atoms with van der Waals surface area (Å²) in [6.07, 6.45) is 0.689. The molecule has 0 aliphatic rings. The van der Waals surface area contributed by atoms with E-state index in [0.717, 1.165) is 10.6 Å². The van der Waals surface area contributed by atoms with Gasteiger partial charge in [-0.2, -0.15) is 0 Å². The van der Waals surface area contributed by atoms with Crippen molar-refractivity contribution in [1.82, 2.24) is 0 Å². The average molecular weight is 469 g/mol. The molecule has 2 rings (SSSR count). The minimum Gasteiger partial charge on any atom is -0.481 e. The monoisotopic (exact) mass is 468 g/mol. The molecule has 0 spiro atoms. The molecule has 10 heteroatoms. The van der Waals surface area contributed by atoms with Crippen LogP contribution < -0.4 is 14.4 Å². The van der Waals surface area contributed by atoms with Gasteiger partial charge < -0.3 is 14.8 Å². The lowest BCUT2D eigenvalue weighted by Crippen LogP contribution is -2.32. The van der Waals surface area contributed by atoms with Gasteiger partial charge in [0.25, 0.3) is 5.91 Å². The number of sulfonamides is 1. The van der Waals surface area contributed by atoms with Gasteiger partial charge in [0.05, 0.1) is 29.1 Å². The molecule has 1 N–H and O–H groups in total. The Morgan fingerprint density at radius 1 is 1.13 bits per heavy atom. The molecule has 1 unspecified atom stereocenters. The Bertz CT molecular complexity index is 1040. The van der Waals surface area contributed by atoms with Crippen molar-refractivity contribution in [3.8, 4) is 5.75 Å². The number of nitrogens with zero attached hydrogens (tertiary/aromatic N) is 1. The summed E-state index contributed by atoms with van der Waals surface area (Å²) in [6.45, 7) is 3.69. The van der Waals surface area contributed by atoms with Gasteiger partial charge in [-0.25, -0.2) is 13.2 Å². The van der Waals surface area contributed by atoms with E-state index in [9.17, 15) is 18.0 Å². The lowest BCUT2D eigenvalue weighted by atomic mass is 10.2. The van der Waals surface area contributed by atoms with Crippen molar-refractivity contribution in [3.63, 3.8) is 0 Å². The summed E-state index contributed by atoms with van der Waals surface area (Å²) in [4.78, 5) is 24.7. The Kier molecular flexibility index (Phi) is 8.29. The second-order valence-corrected chi connectivity index (χ2v) is 9.06. The van der Waals surface area contributed by atoms with Crippen molar-refractivity contribution in [2.24, 2.45) is 0 Å². The van der Waals surface area contributed by atoms with Crippen molar-refractivity contribution in [1.29, 1.82) is 0 Å². The number of amides is 1. The molecule has 0 bridgehead atoms. The van der Waals surface area contributed by atoms with Crippen LogP contribution in [0.2, 0.25) is 5.02 Å². The van der Waals surface area contributed by atoms with E-state index in [1.807, 2.05) is 0 Å². The van der Waals surface area contributed by atoms with Gasteiger partial charge in [-0.1, -0.05) is 18.5 Å². The maximum absolute atomic E-state index is 12.7. The molecule has 0 fully saturated rings. The summed E-state index contributed by atoms with van der Waals surface area (Å²) in [7, 11) is -1.93. The first-order valence-corrected chi connectivity index (χ1v) is 11.8. The minimum absolute atomic E-state index is 0.154. The molecule has 168 valence electrons. The second-order valence-electron chi connectivity index (χ2n) is 6.64. The van der Waals surface area contributed by atoms with Crippen LogP contribution in [0.15, 0.2) is 42.5 Å². The summed E-state index contributed by atoms with van der Waals surface area (Å²) in [6, 6.07) is 10.9. The van der Waals surface area contributed by atoms with Gasteiger partial charge in [-0.15, -0.1) is 0 Å². The number of rotatable bonds is 9. The van der Waals surface area contributed by atoms with Gasteiger partial charge in [0.15, 0.2) is 6.10 Å². The van der Waals surface area contributed by atoms with Gasteiger partial charge >= 0.3 is 5.97 Å². The van der Waals surface area contributed by atoms with E-state index in [2.05, 4.69) is 5.32 Å².